The van der Waals surface area contributed by atoms with Gasteiger partial charge in [0, 0.05) is 5.56 Å². The van der Waals surface area contributed by atoms with Crippen molar-refractivity contribution in [1.29, 1.82) is 0 Å². The molecule has 1 aromatic rings. The molecule has 1 saturated carbocycles. The lowest BCUT2D eigenvalue weighted by Gasteiger charge is -2.11. The van der Waals surface area contributed by atoms with Crippen molar-refractivity contribution in [3.05, 3.63) is 29.8 Å². The van der Waals surface area contributed by atoms with Gasteiger partial charge in [-0.3, -0.25) is 0 Å². The van der Waals surface area contributed by atoms with Crippen LogP contribution in [0.4, 0.5) is 0 Å². The Labute approximate surface area is 102 Å². The first-order chi connectivity index (χ1) is 7.75. The van der Waals surface area contributed by atoms with E-state index in [1.165, 1.54) is 25.7 Å². The Kier molecular flexibility index (Phi) is 3.78. The molecular weight excluding hydrogens is 218 g/mol. The minimum atomic E-state index is 0.423. The Morgan fingerprint density at radius 1 is 1.38 bits per heavy atom. The highest BCUT2D eigenvalue weighted by Crippen LogP contribution is 2.25. The molecule has 1 aliphatic rings. The molecule has 0 radical (unpaired) electrons. The largest absolute Gasteiger partial charge is 0.493 e. The van der Waals surface area contributed by atoms with Crippen LogP contribution in [0, 0.1) is 5.92 Å². The second-order valence-electron chi connectivity index (χ2n) is 4.35. The summed E-state index contributed by atoms with van der Waals surface area (Å²) < 4.78 is 5.77. The van der Waals surface area contributed by atoms with Crippen LogP contribution >= 0.6 is 12.2 Å². The van der Waals surface area contributed by atoms with Crippen LogP contribution in [-0.4, -0.2) is 11.6 Å². The molecule has 0 heterocycles. The molecule has 0 aliphatic heterocycles. The number of hydrogen-bond donors (Lipinski definition) is 1. The SMILES string of the molecule is NC(=S)c1cccc(OCC2CCCC2)c1. The molecule has 2 rings (SSSR count). The van der Waals surface area contributed by atoms with Gasteiger partial charge in [0.2, 0.25) is 0 Å². The highest BCUT2D eigenvalue weighted by Gasteiger charge is 2.15. The number of hydrogen-bond acceptors (Lipinski definition) is 2. The van der Waals surface area contributed by atoms with E-state index in [4.69, 9.17) is 22.7 Å². The van der Waals surface area contributed by atoms with E-state index in [9.17, 15) is 0 Å². The zero-order chi connectivity index (χ0) is 11.4. The quantitative estimate of drug-likeness (QED) is 0.815. The van der Waals surface area contributed by atoms with Crippen molar-refractivity contribution in [3.63, 3.8) is 0 Å². The zero-order valence-electron chi connectivity index (χ0n) is 9.32. The van der Waals surface area contributed by atoms with Gasteiger partial charge in [-0.1, -0.05) is 37.2 Å². The van der Waals surface area contributed by atoms with Gasteiger partial charge < -0.3 is 10.5 Å². The fourth-order valence-corrected chi connectivity index (χ4v) is 2.26. The highest BCUT2D eigenvalue weighted by atomic mass is 32.1. The van der Waals surface area contributed by atoms with Gasteiger partial charge in [0.1, 0.15) is 10.7 Å². The van der Waals surface area contributed by atoms with Crippen molar-refractivity contribution in [1.82, 2.24) is 0 Å². The summed E-state index contributed by atoms with van der Waals surface area (Å²) in [6.07, 6.45) is 5.30. The molecule has 0 aromatic heterocycles. The molecule has 2 N–H and O–H groups in total. The highest BCUT2D eigenvalue weighted by molar-refractivity contribution is 7.80. The molecule has 1 aliphatic carbocycles. The van der Waals surface area contributed by atoms with Crippen LogP contribution in [0.5, 0.6) is 5.75 Å². The number of ether oxygens (including phenoxy) is 1. The van der Waals surface area contributed by atoms with E-state index in [-0.39, 0.29) is 0 Å². The number of thiocarbonyl (C=S) groups is 1. The maximum atomic E-state index is 5.77. The summed E-state index contributed by atoms with van der Waals surface area (Å²) in [5.74, 6) is 1.60. The van der Waals surface area contributed by atoms with Crippen LogP contribution in [0.3, 0.4) is 0 Å². The van der Waals surface area contributed by atoms with Crippen molar-refractivity contribution in [2.45, 2.75) is 25.7 Å². The molecule has 0 spiro atoms. The van der Waals surface area contributed by atoms with Gasteiger partial charge in [-0.05, 0) is 30.9 Å². The summed E-state index contributed by atoms with van der Waals surface area (Å²) in [5.41, 5.74) is 6.45. The summed E-state index contributed by atoms with van der Waals surface area (Å²) in [6, 6.07) is 7.71. The fourth-order valence-electron chi connectivity index (χ4n) is 2.13. The van der Waals surface area contributed by atoms with Gasteiger partial charge in [-0.25, -0.2) is 0 Å². The maximum absolute atomic E-state index is 5.77. The van der Waals surface area contributed by atoms with Crippen LogP contribution < -0.4 is 10.5 Å². The van der Waals surface area contributed by atoms with Crippen LogP contribution in [0.25, 0.3) is 0 Å². The Bertz CT molecular complexity index is 372. The molecule has 0 unspecified atom stereocenters. The molecule has 1 fully saturated rings. The third kappa shape index (κ3) is 2.95. The minimum absolute atomic E-state index is 0.423. The van der Waals surface area contributed by atoms with E-state index in [1.807, 2.05) is 24.3 Å². The molecule has 2 nitrogen and oxygen atoms in total. The van der Waals surface area contributed by atoms with Gasteiger partial charge >= 0.3 is 0 Å². The predicted molar refractivity (Wildman–Crippen MR) is 69.8 cm³/mol. The first-order valence-corrected chi connectivity index (χ1v) is 6.19. The Morgan fingerprint density at radius 2 is 2.12 bits per heavy atom. The molecule has 0 atom stereocenters. The summed E-state index contributed by atoms with van der Waals surface area (Å²) >= 11 is 4.94. The van der Waals surface area contributed by atoms with Crippen LogP contribution in [0.1, 0.15) is 31.2 Å². The molecule has 16 heavy (non-hydrogen) atoms. The molecule has 1 aromatic carbocycles. The van der Waals surface area contributed by atoms with Gasteiger partial charge in [0.05, 0.1) is 6.61 Å². The zero-order valence-corrected chi connectivity index (χ0v) is 10.1. The topological polar surface area (TPSA) is 35.2 Å². The lowest BCUT2D eigenvalue weighted by Crippen LogP contribution is -2.11. The van der Waals surface area contributed by atoms with Gasteiger partial charge in [-0.2, -0.15) is 0 Å². The second-order valence-corrected chi connectivity index (χ2v) is 4.79. The van der Waals surface area contributed by atoms with Crippen LogP contribution in [0.2, 0.25) is 0 Å². The Hall–Kier alpha value is -1.09. The van der Waals surface area contributed by atoms with Crippen molar-refractivity contribution >= 4 is 17.2 Å². The van der Waals surface area contributed by atoms with E-state index in [0.717, 1.165) is 23.8 Å². The van der Waals surface area contributed by atoms with E-state index in [1.54, 1.807) is 0 Å². The second kappa shape index (κ2) is 5.30. The fraction of sp³-hybridized carbons (Fsp3) is 0.462. The lowest BCUT2D eigenvalue weighted by molar-refractivity contribution is 0.252. The smallest absolute Gasteiger partial charge is 0.120 e. The third-order valence-corrected chi connectivity index (χ3v) is 3.31. The van der Waals surface area contributed by atoms with Crippen molar-refractivity contribution in [2.75, 3.05) is 6.61 Å². The minimum Gasteiger partial charge on any atom is -0.493 e. The Morgan fingerprint density at radius 3 is 2.81 bits per heavy atom. The summed E-state index contributed by atoms with van der Waals surface area (Å²) in [7, 11) is 0. The monoisotopic (exact) mass is 235 g/mol. The molecular formula is C13H17NOS. The molecule has 86 valence electrons. The van der Waals surface area contributed by atoms with Gasteiger partial charge in [-0.15, -0.1) is 0 Å². The van der Waals surface area contributed by atoms with Crippen molar-refractivity contribution in [2.24, 2.45) is 11.7 Å². The third-order valence-electron chi connectivity index (χ3n) is 3.08. The van der Waals surface area contributed by atoms with E-state index in [2.05, 4.69) is 0 Å². The number of benzene rings is 1. The first-order valence-electron chi connectivity index (χ1n) is 5.78. The predicted octanol–water partition coefficient (Wildman–Crippen LogP) is 2.89. The number of rotatable bonds is 4. The summed E-state index contributed by atoms with van der Waals surface area (Å²) in [5, 5.41) is 0. The normalized spacial score (nSPS) is 16.2. The van der Waals surface area contributed by atoms with E-state index >= 15 is 0 Å². The first kappa shape index (κ1) is 11.4. The standard InChI is InChI=1S/C13H17NOS/c14-13(16)11-6-3-7-12(8-11)15-9-10-4-1-2-5-10/h3,6-8,10H,1-2,4-5,9H2,(H2,14,16). The molecule has 0 bridgehead atoms. The average molecular weight is 235 g/mol. The Balaban J connectivity index is 1.93. The van der Waals surface area contributed by atoms with E-state index in [0.29, 0.717) is 4.99 Å². The van der Waals surface area contributed by atoms with Crippen molar-refractivity contribution in [3.8, 4) is 5.75 Å². The summed E-state index contributed by atoms with van der Waals surface area (Å²) in [4.78, 5) is 0.423. The van der Waals surface area contributed by atoms with Gasteiger partial charge in [0.25, 0.3) is 0 Å². The molecule has 3 heteroatoms. The lowest BCUT2D eigenvalue weighted by atomic mass is 10.1. The molecule has 0 amide bonds. The van der Waals surface area contributed by atoms with Crippen molar-refractivity contribution < 1.29 is 4.74 Å². The average Bonchev–Trinajstić information content (AvgIpc) is 2.79. The van der Waals surface area contributed by atoms with Crippen LogP contribution in [-0.2, 0) is 0 Å². The number of nitrogens with two attached hydrogens (primary N) is 1. The molecule has 0 saturated heterocycles. The summed E-state index contributed by atoms with van der Waals surface area (Å²) in [6.45, 7) is 0.820. The van der Waals surface area contributed by atoms with Crippen LogP contribution in [0.15, 0.2) is 24.3 Å². The van der Waals surface area contributed by atoms with Gasteiger partial charge in [0.15, 0.2) is 0 Å². The maximum Gasteiger partial charge on any atom is 0.120 e. The van der Waals surface area contributed by atoms with E-state index < -0.39 is 0 Å².